The lowest BCUT2D eigenvalue weighted by atomic mass is 10.1. The van der Waals surface area contributed by atoms with Crippen LogP contribution in [0.25, 0.3) is 11.4 Å². The number of hydrogen-bond acceptors (Lipinski definition) is 6. The summed E-state index contributed by atoms with van der Waals surface area (Å²) in [5.74, 6) is 1.50. The minimum atomic E-state index is -0.139. The highest BCUT2D eigenvalue weighted by molar-refractivity contribution is 7.99. The number of para-hydroxylation sites is 1. The molecule has 8 nitrogen and oxygen atoms in total. The van der Waals surface area contributed by atoms with Crippen LogP contribution in [0.5, 0.6) is 0 Å². The third kappa shape index (κ3) is 3.44. The van der Waals surface area contributed by atoms with Crippen LogP contribution in [0.3, 0.4) is 0 Å². The van der Waals surface area contributed by atoms with Crippen LogP contribution in [0, 0.1) is 12.8 Å². The second-order valence-electron chi connectivity index (χ2n) is 6.65. The van der Waals surface area contributed by atoms with E-state index in [9.17, 15) is 4.79 Å². The van der Waals surface area contributed by atoms with Gasteiger partial charge in [-0.2, -0.15) is 4.68 Å². The van der Waals surface area contributed by atoms with E-state index in [1.54, 1.807) is 21.1 Å². The molecule has 2 aromatic heterocycles. The molecule has 1 atom stereocenters. The van der Waals surface area contributed by atoms with Crippen LogP contribution in [-0.2, 0) is 11.8 Å². The van der Waals surface area contributed by atoms with Gasteiger partial charge in [-0.05, 0) is 48.2 Å². The first kappa shape index (κ1) is 18.0. The van der Waals surface area contributed by atoms with Gasteiger partial charge in [-0.3, -0.25) is 9.48 Å². The Morgan fingerprint density at radius 1 is 1.30 bits per heavy atom. The van der Waals surface area contributed by atoms with Crippen molar-refractivity contribution in [1.82, 2.24) is 29.6 Å². The number of thioether (sulfide) groups is 1. The lowest BCUT2D eigenvalue weighted by Gasteiger charge is -2.07. The van der Waals surface area contributed by atoms with Crippen molar-refractivity contribution in [2.75, 3.05) is 19.0 Å². The van der Waals surface area contributed by atoms with Gasteiger partial charge in [0.05, 0.1) is 11.4 Å². The summed E-state index contributed by atoms with van der Waals surface area (Å²) in [6.07, 6.45) is 2.17. The van der Waals surface area contributed by atoms with Crippen molar-refractivity contribution in [1.29, 1.82) is 0 Å². The Balaban J connectivity index is 1.63. The molecule has 4 rings (SSSR count). The van der Waals surface area contributed by atoms with Gasteiger partial charge >= 0.3 is 0 Å². The molecule has 0 saturated carbocycles. The van der Waals surface area contributed by atoms with E-state index >= 15 is 0 Å². The van der Waals surface area contributed by atoms with Gasteiger partial charge in [-0.15, -0.1) is 5.10 Å². The fraction of sp³-hybridized carbons (Fsp3) is 0.444. The summed E-state index contributed by atoms with van der Waals surface area (Å²) in [5.41, 5.74) is 1.96. The fourth-order valence-electron chi connectivity index (χ4n) is 3.34. The number of hydrogen-bond donors (Lipinski definition) is 0. The second kappa shape index (κ2) is 7.69. The maximum atomic E-state index is 13.1. The topological polar surface area (TPSA) is 79.8 Å². The SMILES string of the molecule is Cc1c(-n2nnnc2SCCC2CCOC2)c(=O)n(-c2ccccc2)n1C. The minimum absolute atomic E-state index is 0.139. The minimum Gasteiger partial charge on any atom is -0.381 e. The van der Waals surface area contributed by atoms with Gasteiger partial charge in [0.25, 0.3) is 5.56 Å². The molecular weight excluding hydrogens is 364 g/mol. The number of aromatic nitrogens is 6. The number of rotatable bonds is 6. The predicted octanol–water partition coefficient (Wildman–Crippen LogP) is 1.98. The second-order valence-corrected chi connectivity index (χ2v) is 7.71. The van der Waals surface area contributed by atoms with E-state index < -0.39 is 0 Å². The molecule has 0 aliphatic carbocycles. The third-order valence-electron chi connectivity index (χ3n) is 4.96. The zero-order valence-corrected chi connectivity index (χ0v) is 16.2. The molecule has 3 heterocycles. The summed E-state index contributed by atoms with van der Waals surface area (Å²) in [6.45, 7) is 3.60. The third-order valence-corrected chi connectivity index (χ3v) is 5.91. The van der Waals surface area contributed by atoms with Crippen LogP contribution >= 0.6 is 11.8 Å². The van der Waals surface area contributed by atoms with Gasteiger partial charge < -0.3 is 4.74 Å². The summed E-state index contributed by atoms with van der Waals surface area (Å²) in [4.78, 5) is 13.1. The highest BCUT2D eigenvalue weighted by Gasteiger charge is 2.22. The van der Waals surface area contributed by atoms with E-state index in [0.29, 0.717) is 16.8 Å². The van der Waals surface area contributed by atoms with Gasteiger partial charge in [0.1, 0.15) is 0 Å². The van der Waals surface area contributed by atoms with Gasteiger partial charge in [-0.25, -0.2) is 4.68 Å². The molecule has 1 fully saturated rings. The monoisotopic (exact) mass is 386 g/mol. The quantitative estimate of drug-likeness (QED) is 0.603. The summed E-state index contributed by atoms with van der Waals surface area (Å²) in [5, 5.41) is 12.7. The van der Waals surface area contributed by atoms with Crippen LogP contribution in [0.2, 0.25) is 0 Å². The smallest absolute Gasteiger partial charge is 0.297 e. The Hall–Kier alpha value is -2.39. The average molecular weight is 386 g/mol. The lowest BCUT2D eigenvalue weighted by Crippen LogP contribution is -2.22. The first-order valence-electron chi connectivity index (χ1n) is 9.00. The maximum Gasteiger partial charge on any atom is 0.297 e. The zero-order chi connectivity index (χ0) is 18.8. The van der Waals surface area contributed by atoms with Gasteiger partial charge in [0.15, 0.2) is 5.69 Å². The zero-order valence-electron chi connectivity index (χ0n) is 15.4. The first-order valence-corrected chi connectivity index (χ1v) is 9.98. The van der Waals surface area contributed by atoms with Crippen LogP contribution in [0.1, 0.15) is 18.5 Å². The predicted molar refractivity (Wildman–Crippen MR) is 103 cm³/mol. The summed E-state index contributed by atoms with van der Waals surface area (Å²) in [7, 11) is 1.87. The molecule has 1 unspecified atom stereocenters. The van der Waals surface area contributed by atoms with Crippen LogP contribution < -0.4 is 5.56 Å². The highest BCUT2D eigenvalue weighted by Crippen LogP contribution is 2.24. The molecular formula is C18H22N6O2S. The first-order chi connectivity index (χ1) is 13.2. The maximum absolute atomic E-state index is 13.1. The van der Waals surface area contributed by atoms with Crippen LogP contribution in [0.4, 0.5) is 0 Å². The van der Waals surface area contributed by atoms with Gasteiger partial charge in [-0.1, -0.05) is 30.0 Å². The Morgan fingerprint density at radius 3 is 2.85 bits per heavy atom. The molecule has 0 spiro atoms. The summed E-state index contributed by atoms with van der Waals surface area (Å²) in [6, 6.07) is 9.56. The average Bonchev–Trinajstić information content (AvgIpc) is 3.39. The van der Waals surface area contributed by atoms with Crippen molar-refractivity contribution < 1.29 is 4.74 Å². The van der Waals surface area contributed by atoms with Crippen molar-refractivity contribution in [3.8, 4) is 11.4 Å². The molecule has 3 aromatic rings. The number of nitrogens with zero attached hydrogens (tertiary/aromatic N) is 6. The summed E-state index contributed by atoms with van der Waals surface area (Å²) < 4.78 is 10.5. The number of tetrazole rings is 1. The molecule has 1 aliphatic heterocycles. The van der Waals surface area contributed by atoms with E-state index in [4.69, 9.17) is 4.74 Å². The fourth-order valence-corrected chi connectivity index (χ4v) is 4.31. The highest BCUT2D eigenvalue weighted by atomic mass is 32.2. The standard InChI is InChI=1S/C18H22N6O2S/c1-13-16(17(25)24(22(13)2)15-6-4-3-5-7-15)23-18(19-20-21-23)27-11-9-14-8-10-26-12-14/h3-7,14H,8-12H2,1-2H3. The Bertz CT molecular complexity index is 972. The lowest BCUT2D eigenvalue weighted by molar-refractivity contribution is 0.185. The van der Waals surface area contributed by atoms with Crippen molar-refractivity contribution in [2.45, 2.75) is 24.9 Å². The van der Waals surface area contributed by atoms with E-state index in [0.717, 1.165) is 43.2 Å². The van der Waals surface area contributed by atoms with Crippen LogP contribution in [-0.4, -0.2) is 48.5 Å². The van der Waals surface area contributed by atoms with Crippen molar-refractivity contribution >= 4 is 11.8 Å². The molecule has 142 valence electrons. The molecule has 0 bridgehead atoms. The number of benzene rings is 1. The Labute approximate surface area is 161 Å². The van der Waals surface area contributed by atoms with Gasteiger partial charge in [0, 0.05) is 26.0 Å². The molecule has 9 heteroatoms. The largest absolute Gasteiger partial charge is 0.381 e. The van der Waals surface area contributed by atoms with E-state index in [1.807, 2.05) is 49.0 Å². The molecule has 1 aliphatic rings. The van der Waals surface area contributed by atoms with E-state index in [2.05, 4.69) is 15.5 Å². The Kier molecular flexibility index (Phi) is 5.13. The van der Waals surface area contributed by atoms with Crippen molar-refractivity contribution in [2.24, 2.45) is 13.0 Å². The normalized spacial score (nSPS) is 16.9. The summed E-state index contributed by atoms with van der Waals surface area (Å²) >= 11 is 1.58. The molecule has 0 radical (unpaired) electrons. The Morgan fingerprint density at radius 2 is 2.11 bits per heavy atom. The van der Waals surface area contributed by atoms with Crippen molar-refractivity contribution in [3.63, 3.8) is 0 Å². The van der Waals surface area contributed by atoms with Crippen LogP contribution in [0.15, 0.2) is 40.3 Å². The number of ether oxygens (including phenoxy) is 1. The van der Waals surface area contributed by atoms with Gasteiger partial charge in [0.2, 0.25) is 5.16 Å². The van der Waals surface area contributed by atoms with E-state index in [1.165, 1.54) is 0 Å². The van der Waals surface area contributed by atoms with Crippen molar-refractivity contribution in [3.05, 3.63) is 46.4 Å². The molecule has 1 aromatic carbocycles. The molecule has 27 heavy (non-hydrogen) atoms. The molecule has 0 N–H and O–H groups in total. The molecule has 1 saturated heterocycles. The molecule has 0 amide bonds. The van der Waals surface area contributed by atoms with E-state index in [-0.39, 0.29) is 5.56 Å².